The highest BCUT2D eigenvalue weighted by Gasteiger charge is 2.32. The van der Waals surface area contributed by atoms with Gasteiger partial charge in [-0.25, -0.2) is 0 Å². The summed E-state index contributed by atoms with van der Waals surface area (Å²) in [5.74, 6) is 1.39. The first-order valence-corrected chi connectivity index (χ1v) is 8.53. The monoisotopic (exact) mass is 334 g/mol. The van der Waals surface area contributed by atoms with Crippen LogP contribution in [0.15, 0.2) is 18.2 Å². The molecule has 1 amide bonds. The SMILES string of the molecule is CC(C(=O)Nc1ccc2c(c1)OCCCO2)N1CCOC(C)(C)C1. The largest absolute Gasteiger partial charge is 0.490 e. The van der Waals surface area contributed by atoms with Crippen molar-refractivity contribution in [3.8, 4) is 11.5 Å². The Bertz CT molecular complexity index is 603. The maximum atomic E-state index is 12.6. The highest BCUT2D eigenvalue weighted by atomic mass is 16.5. The van der Waals surface area contributed by atoms with Crippen LogP contribution in [0.4, 0.5) is 5.69 Å². The number of carbonyl (C=O) groups is 1. The van der Waals surface area contributed by atoms with E-state index in [2.05, 4.69) is 10.2 Å². The molecular formula is C18H26N2O4. The summed E-state index contributed by atoms with van der Waals surface area (Å²) in [5.41, 5.74) is 0.505. The van der Waals surface area contributed by atoms with Gasteiger partial charge in [-0.1, -0.05) is 0 Å². The Labute approximate surface area is 143 Å². The number of rotatable bonds is 3. The Balaban J connectivity index is 1.65. The van der Waals surface area contributed by atoms with E-state index in [4.69, 9.17) is 14.2 Å². The Hall–Kier alpha value is -1.79. The molecule has 132 valence electrons. The van der Waals surface area contributed by atoms with Gasteiger partial charge in [0.05, 0.1) is 31.5 Å². The number of carbonyl (C=O) groups excluding carboxylic acids is 1. The molecule has 2 aliphatic heterocycles. The third-order valence-corrected chi connectivity index (χ3v) is 4.40. The quantitative estimate of drug-likeness (QED) is 0.919. The Morgan fingerprint density at radius 1 is 1.21 bits per heavy atom. The smallest absolute Gasteiger partial charge is 0.241 e. The molecule has 0 saturated carbocycles. The van der Waals surface area contributed by atoms with Crippen molar-refractivity contribution in [3.63, 3.8) is 0 Å². The number of fused-ring (bicyclic) bond motifs is 1. The standard InChI is InChI=1S/C18H26N2O4/c1-13(20-7-10-24-18(2,3)12-20)17(21)19-14-5-6-15-16(11-14)23-9-4-8-22-15/h5-6,11,13H,4,7-10,12H2,1-3H3,(H,19,21). The number of anilines is 1. The van der Waals surface area contributed by atoms with Gasteiger partial charge in [0, 0.05) is 31.3 Å². The molecule has 0 aliphatic carbocycles. The van der Waals surface area contributed by atoms with Crippen molar-refractivity contribution in [1.82, 2.24) is 4.90 Å². The molecule has 6 heteroatoms. The van der Waals surface area contributed by atoms with E-state index in [-0.39, 0.29) is 17.6 Å². The molecule has 0 spiro atoms. The molecule has 2 aliphatic rings. The van der Waals surface area contributed by atoms with Gasteiger partial charge >= 0.3 is 0 Å². The fraction of sp³-hybridized carbons (Fsp3) is 0.611. The van der Waals surface area contributed by atoms with Crippen LogP contribution < -0.4 is 14.8 Å². The van der Waals surface area contributed by atoms with Crippen LogP contribution in [0, 0.1) is 0 Å². The minimum atomic E-state index is -0.220. The van der Waals surface area contributed by atoms with E-state index >= 15 is 0 Å². The van der Waals surface area contributed by atoms with Gasteiger partial charge in [-0.2, -0.15) is 0 Å². The summed E-state index contributed by atoms with van der Waals surface area (Å²) in [4.78, 5) is 14.7. The highest BCUT2D eigenvalue weighted by Crippen LogP contribution is 2.32. The zero-order valence-corrected chi connectivity index (χ0v) is 14.6. The first kappa shape index (κ1) is 17.0. The number of ether oxygens (including phenoxy) is 3. The number of amides is 1. The summed E-state index contributed by atoms with van der Waals surface area (Å²) < 4.78 is 17.0. The molecule has 0 radical (unpaired) electrons. The topological polar surface area (TPSA) is 60.0 Å². The van der Waals surface area contributed by atoms with Gasteiger partial charge < -0.3 is 19.5 Å². The maximum Gasteiger partial charge on any atom is 0.241 e. The van der Waals surface area contributed by atoms with Gasteiger partial charge in [0.15, 0.2) is 11.5 Å². The fourth-order valence-electron chi connectivity index (χ4n) is 3.04. The van der Waals surface area contributed by atoms with Crippen molar-refractivity contribution in [2.24, 2.45) is 0 Å². The van der Waals surface area contributed by atoms with E-state index in [9.17, 15) is 4.79 Å². The predicted molar refractivity (Wildman–Crippen MR) is 91.7 cm³/mol. The zero-order chi connectivity index (χ0) is 17.2. The third-order valence-electron chi connectivity index (χ3n) is 4.40. The molecule has 1 unspecified atom stereocenters. The normalized spacial score (nSPS) is 21.6. The second kappa shape index (κ2) is 6.99. The van der Waals surface area contributed by atoms with Gasteiger partial charge in [0.1, 0.15) is 0 Å². The lowest BCUT2D eigenvalue weighted by atomic mass is 10.1. The second-order valence-corrected chi connectivity index (χ2v) is 6.96. The van der Waals surface area contributed by atoms with E-state index in [1.54, 1.807) is 0 Å². The van der Waals surface area contributed by atoms with E-state index < -0.39 is 0 Å². The van der Waals surface area contributed by atoms with Crippen molar-refractivity contribution >= 4 is 11.6 Å². The number of nitrogens with one attached hydrogen (secondary N) is 1. The van der Waals surface area contributed by atoms with Gasteiger partial charge in [-0.3, -0.25) is 9.69 Å². The number of nitrogens with zero attached hydrogens (tertiary/aromatic N) is 1. The van der Waals surface area contributed by atoms with Crippen LogP contribution in [0.5, 0.6) is 11.5 Å². The van der Waals surface area contributed by atoms with Gasteiger partial charge in [-0.05, 0) is 32.9 Å². The summed E-state index contributed by atoms with van der Waals surface area (Å²) in [6.07, 6.45) is 0.861. The van der Waals surface area contributed by atoms with Gasteiger partial charge in [0.25, 0.3) is 0 Å². The summed E-state index contributed by atoms with van der Waals surface area (Å²) in [6.45, 7) is 9.46. The number of hydrogen-bond acceptors (Lipinski definition) is 5. The molecule has 0 aromatic heterocycles. The summed E-state index contributed by atoms with van der Waals surface area (Å²) in [6, 6.07) is 5.30. The number of benzene rings is 1. The van der Waals surface area contributed by atoms with E-state index in [1.807, 2.05) is 39.0 Å². The Morgan fingerprint density at radius 2 is 1.96 bits per heavy atom. The number of hydrogen-bond donors (Lipinski definition) is 1. The first-order chi connectivity index (χ1) is 11.4. The van der Waals surface area contributed by atoms with Gasteiger partial charge in [-0.15, -0.1) is 0 Å². The molecule has 3 rings (SSSR count). The Kier molecular flexibility index (Phi) is 4.96. The van der Waals surface area contributed by atoms with Crippen molar-refractivity contribution in [3.05, 3.63) is 18.2 Å². The van der Waals surface area contributed by atoms with Crippen molar-refractivity contribution < 1.29 is 19.0 Å². The first-order valence-electron chi connectivity index (χ1n) is 8.53. The van der Waals surface area contributed by atoms with Crippen LogP contribution >= 0.6 is 0 Å². The van der Waals surface area contributed by atoms with Crippen molar-refractivity contribution in [2.75, 3.05) is 38.2 Å². The molecule has 24 heavy (non-hydrogen) atoms. The van der Waals surface area contributed by atoms with E-state index in [0.717, 1.165) is 30.9 Å². The van der Waals surface area contributed by atoms with E-state index in [1.165, 1.54) is 0 Å². The molecule has 1 atom stereocenters. The van der Waals surface area contributed by atoms with Crippen LogP contribution in [-0.4, -0.2) is 55.4 Å². The molecule has 1 aromatic rings. The lowest BCUT2D eigenvalue weighted by Crippen LogP contribution is -2.54. The van der Waals surface area contributed by atoms with Crippen LogP contribution in [0.3, 0.4) is 0 Å². The summed E-state index contributed by atoms with van der Waals surface area (Å²) >= 11 is 0. The third kappa shape index (κ3) is 3.99. The molecule has 1 saturated heterocycles. The van der Waals surface area contributed by atoms with Crippen LogP contribution in [0.1, 0.15) is 27.2 Å². The maximum absolute atomic E-state index is 12.6. The average Bonchev–Trinajstić information content (AvgIpc) is 2.78. The van der Waals surface area contributed by atoms with Gasteiger partial charge in [0.2, 0.25) is 5.91 Å². The lowest BCUT2D eigenvalue weighted by Gasteiger charge is -2.40. The number of morpholine rings is 1. The summed E-state index contributed by atoms with van der Waals surface area (Å²) in [7, 11) is 0. The fourth-order valence-corrected chi connectivity index (χ4v) is 3.04. The highest BCUT2D eigenvalue weighted by molar-refractivity contribution is 5.94. The lowest BCUT2D eigenvalue weighted by molar-refractivity contribution is -0.129. The minimum Gasteiger partial charge on any atom is -0.490 e. The van der Waals surface area contributed by atoms with Crippen LogP contribution in [-0.2, 0) is 9.53 Å². The molecule has 1 aromatic carbocycles. The molecule has 1 fully saturated rings. The van der Waals surface area contributed by atoms with Crippen molar-refractivity contribution in [1.29, 1.82) is 0 Å². The average molecular weight is 334 g/mol. The summed E-state index contributed by atoms with van der Waals surface area (Å²) in [5, 5.41) is 2.98. The van der Waals surface area contributed by atoms with Crippen LogP contribution in [0.2, 0.25) is 0 Å². The molecule has 6 nitrogen and oxygen atoms in total. The van der Waals surface area contributed by atoms with E-state index in [0.29, 0.717) is 25.6 Å². The molecule has 2 heterocycles. The Morgan fingerprint density at radius 3 is 2.71 bits per heavy atom. The van der Waals surface area contributed by atoms with Crippen LogP contribution in [0.25, 0.3) is 0 Å². The molecule has 1 N–H and O–H groups in total. The second-order valence-electron chi connectivity index (χ2n) is 6.96. The minimum absolute atomic E-state index is 0.0257. The molecular weight excluding hydrogens is 308 g/mol. The van der Waals surface area contributed by atoms with Crippen molar-refractivity contribution in [2.45, 2.75) is 38.8 Å². The predicted octanol–water partition coefficient (Wildman–Crippen LogP) is 2.29. The zero-order valence-electron chi connectivity index (χ0n) is 14.6. The molecule has 0 bridgehead atoms.